The summed E-state index contributed by atoms with van der Waals surface area (Å²) in [5.41, 5.74) is 6.63. The lowest BCUT2D eigenvalue weighted by Gasteiger charge is -2.11. The van der Waals surface area contributed by atoms with E-state index >= 15 is 0 Å². The van der Waals surface area contributed by atoms with Crippen LogP contribution in [0.4, 0.5) is 5.82 Å². The number of carbonyl (C=O) groups is 1. The lowest BCUT2D eigenvalue weighted by Crippen LogP contribution is -2.34. The molecule has 2 aromatic rings. The number of hydrogen-bond acceptors (Lipinski definition) is 6. The van der Waals surface area contributed by atoms with Crippen molar-refractivity contribution in [1.29, 1.82) is 0 Å². The minimum Gasteiger partial charge on any atom is -0.394 e. The number of benzene rings is 1. The van der Waals surface area contributed by atoms with Gasteiger partial charge in [0.2, 0.25) is 0 Å². The van der Waals surface area contributed by atoms with Crippen LogP contribution in [0.3, 0.4) is 0 Å². The number of amides is 1. The second-order valence-corrected chi connectivity index (χ2v) is 4.92. The first-order valence-electron chi connectivity index (χ1n) is 6.47. The molecule has 1 aromatic heterocycles. The average molecular weight is 323 g/mol. The summed E-state index contributed by atoms with van der Waals surface area (Å²) in [5.74, 6) is -0.627. The molecule has 5 N–H and O–H groups in total. The Kier molecular flexibility index (Phi) is 5.26. The molecule has 0 unspecified atom stereocenters. The van der Waals surface area contributed by atoms with Crippen molar-refractivity contribution in [3.63, 3.8) is 0 Å². The zero-order valence-electron chi connectivity index (χ0n) is 11.5. The van der Waals surface area contributed by atoms with E-state index in [-0.39, 0.29) is 18.1 Å². The molecule has 2 rings (SSSR count). The van der Waals surface area contributed by atoms with Crippen molar-refractivity contribution >= 4 is 23.3 Å². The molecule has 1 aromatic carbocycles. The van der Waals surface area contributed by atoms with Crippen LogP contribution in [0.2, 0.25) is 5.02 Å². The topological polar surface area (TPSA) is 121 Å². The molecule has 1 heterocycles. The normalized spacial score (nSPS) is 12.0. The molecule has 0 bridgehead atoms. The molecule has 22 heavy (non-hydrogen) atoms. The number of carbonyl (C=O) groups excluding carboxylic acids is 1. The highest BCUT2D eigenvalue weighted by atomic mass is 35.5. The summed E-state index contributed by atoms with van der Waals surface area (Å²) in [4.78, 5) is 20.2. The predicted molar refractivity (Wildman–Crippen MR) is 82.3 cm³/mol. The van der Waals surface area contributed by atoms with Gasteiger partial charge in [-0.2, -0.15) is 0 Å². The minimum atomic E-state index is -1.05. The van der Waals surface area contributed by atoms with E-state index in [0.717, 1.165) is 0 Å². The van der Waals surface area contributed by atoms with Crippen molar-refractivity contribution < 1.29 is 15.0 Å². The molecule has 0 spiro atoms. The van der Waals surface area contributed by atoms with Gasteiger partial charge in [0.05, 0.1) is 29.6 Å². The van der Waals surface area contributed by atoms with Gasteiger partial charge in [-0.25, -0.2) is 9.97 Å². The maximum Gasteiger partial charge on any atom is 0.273 e. The summed E-state index contributed by atoms with van der Waals surface area (Å²) in [6, 6.07) is 7.02. The van der Waals surface area contributed by atoms with Crippen LogP contribution >= 0.6 is 11.6 Å². The summed E-state index contributed by atoms with van der Waals surface area (Å²) in [5, 5.41) is 20.9. The number of nitrogens with zero attached hydrogens (tertiary/aromatic N) is 2. The Balaban J connectivity index is 2.27. The quantitative estimate of drug-likeness (QED) is 0.634. The predicted octanol–water partition coefficient (Wildman–Crippen LogP) is 0.462. The number of rotatable bonds is 5. The molecule has 0 radical (unpaired) electrons. The first-order chi connectivity index (χ1) is 10.5. The highest BCUT2D eigenvalue weighted by Crippen LogP contribution is 2.26. The monoisotopic (exact) mass is 322 g/mol. The summed E-state index contributed by atoms with van der Waals surface area (Å²) in [6.45, 7) is -0.576. The largest absolute Gasteiger partial charge is 0.394 e. The molecule has 116 valence electrons. The number of nitrogens with one attached hydrogen (secondary N) is 1. The van der Waals surface area contributed by atoms with Crippen LogP contribution in [0.1, 0.15) is 10.5 Å². The van der Waals surface area contributed by atoms with E-state index in [0.29, 0.717) is 16.3 Å². The number of aliphatic hydroxyl groups is 2. The van der Waals surface area contributed by atoms with Crippen LogP contribution in [0.15, 0.2) is 30.5 Å². The number of halogens is 1. The third kappa shape index (κ3) is 3.70. The molecule has 7 nitrogen and oxygen atoms in total. The van der Waals surface area contributed by atoms with Crippen molar-refractivity contribution in [2.45, 2.75) is 6.10 Å². The number of aromatic nitrogens is 2. The number of nitrogens with two attached hydrogens (primary N) is 1. The van der Waals surface area contributed by atoms with Crippen LogP contribution in [0.25, 0.3) is 11.3 Å². The van der Waals surface area contributed by atoms with E-state index in [1.807, 2.05) is 0 Å². The Morgan fingerprint density at radius 1 is 1.41 bits per heavy atom. The van der Waals surface area contributed by atoms with E-state index in [4.69, 9.17) is 22.4 Å². The maximum absolute atomic E-state index is 12.0. The highest BCUT2D eigenvalue weighted by molar-refractivity contribution is 6.33. The lowest BCUT2D eigenvalue weighted by molar-refractivity contribution is 0.0799. The average Bonchev–Trinajstić information content (AvgIpc) is 2.53. The van der Waals surface area contributed by atoms with Crippen molar-refractivity contribution in [3.05, 3.63) is 41.2 Å². The molecule has 0 aliphatic rings. The van der Waals surface area contributed by atoms with E-state index < -0.39 is 18.6 Å². The van der Waals surface area contributed by atoms with Gasteiger partial charge in [0.25, 0.3) is 5.91 Å². The smallest absolute Gasteiger partial charge is 0.273 e. The zero-order valence-corrected chi connectivity index (χ0v) is 12.3. The van der Waals surface area contributed by atoms with Crippen molar-refractivity contribution in [2.75, 3.05) is 18.9 Å². The van der Waals surface area contributed by atoms with E-state index in [1.54, 1.807) is 24.3 Å². The summed E-state index contributed by atoms with van der Waals surface area (Å²) < 4.78 is 0. The minimum absolute atomic E-state index is 0.0354. The fourth-order valence-corrected chi connectivity index (χ4v) is 1.96. The highest BCUT2D eigenvalue weighted by Gasteiger charge is 2.16. The second kappa shape index (κ2) is 7.17. The molecule has 1 atom stereocenters. The van der Waals surface area contributed by atoms with Crippen LogP contribution in [-0.2, 0) is 0 Å². The molecule has 0 aliphatic carbocycles. The molecule has 0 aliphatic heterocycles. The standard InChI is InChI=1S/C14H15ClN4O3/c15-10-4-2-1-3-9(10)11-6-17-13(16)12(19-11)14(22)18-5-8(21)7-20/h1-4,6,8,20-21H,5,7H2,(H2,16,17)(H,18,22)/t8-/m0/s1. The number of aliphatic hydroxyl groups excluding tert-OH is 2. The van der Waals surface area contributed by atoms with Crippen LogP contribution in [-0.4, -0.2) is 45.3 Å². The van der Waals surface area contributed by atoms with Gasteiger partial charge >= 0.3 is 0 Å². The molecule has 0 fully saturated rings. The van der Waals surface area contributed by atoms with Crippen molar-refractivity contribution in [2.24, 2.45) is 0 Å². The Morgan fingerprint density at radius 2 is 2.14 bits per heavy atom. The zero-order chi connectivity index (χ0) is 16.1. The van der Waals surface area contributed by atoms with Crippen LogP contribution < -0.4 is 11.1 Å². The van der Waals surface area contributed by atoms with Gasteiger partial charge in [-0.15, -0.1) is 0 Å². The van der Waals surface area contributed by atoms with E-state index in [2.05, 4.69) is 15.3 Å². The Bertz CT molecular complexity index is 681. The van der Waals surface area contributed by atoms with Gasteiger partial charge in [0.15, 0.2) is 11.5 Å². The fourth-order valence-electron chi connectivity index (χ4n) is 1.72. The summed E-state index contributed by atoms with van der Waals surface area (Å²) in [7, 11) is 0. The molecular formula is C14H15ClN4O3. The Morgan fingerprint density at radius 3 is 2.82 bits per heavy atom. The Hall–Kier alpha value is -2.22. The van der Waals surface area contributed by atoms with Crippen LogP contribution in [0, 0.1) is 0 Å². The molecule has 0 saturated heterocycles. The second-order valence-electron chi connectivity index (χ2n) is 4.52. The van der Waals surface area contributed by atoms with Gasteiger partial charge in [-0.3, -0.25) is 4.79 Å². The van der Waals surface area contributed by atoms with E-state index in [9.17, 15) is 9.90 Å². The molecule has 1 amide bonds. The first-order valence-corrected chi connectivity index (χ1v) is 6.85. The van der Waals surface area contributed by atoms with Gasteiger partial charge in [0.1, 0.15) is 0 Å². The molecular weight excluding hydrogens is 308 g/mol. The Labute approximate surface area is 131 Å². The van der Waals surface area contributed by atoms with Crippen molar-refractivity contribution in [1.82, 2.24) is 15.3 Å². The fraction of sp³-hybridized carbons (Fsp3) is 0.214. The molecule has 8 heteroatoms. The number of anilines is 1. The van der Waals surface area contributed by atoms with Gasteiger partial charge in [-0.1, -0.05) is 29.8 Å². The van der Waals surface area contributed by atoms with E-state index in [1.165, 1.54) is 6.20 Å². The third-order valence-electron chi connectivity index (χ3n) is 2.87. The number of hydrogen-bond donors (Lipinski definition) is 4. The SMILES string of the molecule is Nc1ncc(-c2ccccc2Cl)nc1C(=O)NC[C@H](O)CO. The molecule has 0 saturated carbocycles. The van der Waals surface area contributed by atoms with Gasteiger partial charge in [-0.05, 0) is 6.07 Å². The maximum atomic E-state index is 12.0. The van der Waals surface area contributed by atoms with Crippen molar-refractivity contribution in [3.8, 4) is 11.3 Å². The lowest BCUT2D eigenvalue weighted by atomic mass is 10.1. The van der Waals surface area contributed by atoms with Gasteiger partial charge < -0.3 is 21.3 Å². The third-order valence-corrected chi connectivity index (χ3v) is 3.20. The summed E-state index contributed by atoms with van der Waals surface area (Å²) in [6.07, 6.45) is 0.375. The number of nitrogen functional groups attached to an aromatic ring is 1. The van der Waals surface area contributed by atoms with Crippen LogP contribution in [0.5, 0.6) is 0 Å². The summed E-state index contributed by atoms with van der Waals surface area (Å²) >= 11 is 6.09. The van der Waals surface area contributed by atoms with Gasteiger partial charge in [0, 0.05) is 12.1 Å². The first kappa shape index (κ1) is 16.2.